The molecule has 0 saturated carbocycles. The van der Waals surface area contributed by atoms with E-state index < -0.39 is 28.5 Å². The van der Waals surface area contributed by atoms with E-state index in [2.05, 4.69) is 0 Å². The highest BCUT2D eigenvalue weighted by molar-refractivity contribution is 5.95. The van der Waals surface area contributed by atoms with Crippen molar-refractivity contribution in [2.45, 2.75) is 25.8 Å². The Bertz CT molecular complexity index is 1170. The zero-order valence-electron chi connectivity index (χ0n) is 20.3. The highest BCUT2D eigenvalue weighted by Crippen LogP contribution is 2.36. The van der Waals surface area contributed by atoms with Crippen LogP contribution in [0.3, 0.4) is 0 Å². The Balaban J connectivity index is 1.55. The summed E-state index contributed by atoms with van der Waals surface area (Å²) in [4.78, 5) is 29.6. The van der Waals surface area contributed by atoms with E-state index >= 15 is 0 Å². The summed E-state index contributed by atoms with van der Waals surface area (Å²) in [5, 5.41) is 0. The summed E-state index contributed by atoms with van der Waals surface area (Å²) in [6.07, 6.45) is 1.39. The summed E-state index contributed by atoms with van der Waals surface area (Å²) in [6.45, 7) is 1.18. The second kappa shape index (κ2) is 11.3. The number of para-hydroxylation sites is 1. The molecule has 0 radical (unpaired) electrons. The third kappa shape index (κ3) is 6.08. The molecule has 0 N–H and O–H groups in total. The van der Waals surface area contributed by atoms with Gasteiger partial charge in [-0.15, -0.1) is 0 Å². The van der Waals surface area contributed by atoms with E-state index in [0.29, 0.717) is 31.7 Å². The van der Waals surface area contributed by atoms with E-state index in [1.807, 2.05) is 60.7 Å². The molecule has 0 spiro atoms. The quantitative estimate of drug-likeness (QED) is 0.428. The van der Waals surface area contributed by atoms with Gasteiger partial charge in [0.25, 0.3) is 5.91 Å². The van der Waals surface area contributed by atoms with Crippen LogP contribution in [-0.4, -0.2) is 48.4 Å². The minimum absolute atomic E-state index is 0.0816. The van der Waals surface area contributed by atoms with E-state index in [1.165, 1.54) is 11.0 Å². The summed E-state index contributed by atoms with van der Waals surface area (Å²) in [7, 11) is 1.75. The van der Waals surface area contributed by atoms with Crippen molar-refractivity contribution in [2.24, 2.45) is 5.41 Å². The maximum atomic E-state index is 14.4. The Morgan fingerprint density at radius 3 is 2.25 bits per heavy atom. The van der Waals surface area contributed by atoms with Gasteiger partial charge in [-0.2, -0.15) is 0 Å². The van der Waals surface area contributed by atoms with Gasteiger partial charge >= 0.3 is 0 Å². The molecule has 1 aliphatic heterocycles. The molecule has 36 heavy (non-hydrogen) atoms. The van der Waals surface area contributed by atoms with E-state index in [9.17, 15) is 18.4 Å². The van der Waals surface area contributed by atoms with Crippen LogP contribution < -0.4 is 4.74 Å². The van der Waals surface area contributed by atoms with Crippen molar-refractivity contribution in [1.29, 1.82) is 0 Å². The van der Waals surface area contributed by atoms with E-state index in [0.717, 1.165) is 17.7 Å². The van der Waals surface area contributed by atoms with Gasteiger partial charge < -0.3 is 14.5 Å². The van der Waals surface area contributed by atoms with Crippen LogP contribution in [0, 0.1) is 17.0 Å². The Morgan fingerprint density at radius 2 is 1.58 bits per heavy atom. The molecule has 1 atom stereocenters. The van der Waals surface area contributed by atoms with Crippen LogP contribution in [0.25, 0.3) is 0 Å². The molecule has 3 aromatic carbocycles. The first-order chi connectivity index (χ1) is 17.4. The van der Waals surface area contributed by atoms with E-state index in [-0.39, 0.29) is 25.5 Å². The predicted molar refractivity (Wildman–Crippen MR) is 133 cm³/mol. The summed E-state index contributed by atoms with van der Waals surface area (Å²) in [6, 6.07) is 22.3. The fourth-order valence-electron chi connectivity index (χ4n) is 4.71. The van der Waals surface area contributed by atoms with Gasteiger partial charge in [0, 0.05) is 38.5 Å². The van der Waals surface area contributed by atoms with Crippen LogP contribution in [-0.2, 0) is 11.3 Å². The average Bonchev–Trinajstić information content (AvgIpc) is 2.88. The van der Waals surface area contributed by atoms with Crippen molar-refractivity contribution in [3.05, 3.63) is 102 Å². The first-order valence-corrected chi connectivity index (χ1v) is 12.1. The zero-order chi connectivity index (χ0) is 25.5. The number of ether oxygens (including phenoxy) is 1. The summed E-state index contributed by atoms with van der Waals surface area (Å²) in [5.41, 5.74) is -0.253. The van der Waals surface area contributed by atoms with Crippen molar-refractivity contribution in [3.63, 3.8) is 0 Å². The third-order valence-electron chi connectivity index (χ3n) is 6.63. The molecule has 0 unspecified atom stereocenters. The Hall–Kier alpha value is -3.74. The first kappa shape index (κ1) is 25.4. The maximum absolute atomic E-state index is 14.4. The van der Waals surface area contributed by atoms with Gasteiger partial charge in [0.15, 0.2) is 0 Å². The van der Waals surface area contributed by atoms with Crippen molar-refractivity contribution in [1.82, 2.24) is 9.80 Å². The SMILES string of the molecule is CN(Cc1ccccc1)C(=O)C[C@]1(COc2ccccc2)CCCN(C(=O)c2c(F)cccc2F)C1. The number of piperidine rings is 1. The van der Waals surface area contributed by atoms with Crippen molar-refractivity contribution >= 4 is 11.8 Å². The molecule has 1 heterocycles. The topological polar surface area (TPSA) is 49.9 Å². The largest absolute Gasteiger partial charge is 0.493 e. The molecule has 0 bridgehead atoms. The Labute approximate surface area is 210 Å². The monoisotopic (exact) mass is 492 g/mol. The number of hydrogen-bond donors (Lipinski definition) is 0. The first-order valence-electron chi connectivity index (χ1n) is 12.1. The summed E-state index contributed by atoms with van der Waals surface area (Å²) in [5.74, 6) is -1.92. The lowest BCUT2D eigenvalue weighted by Gasteiger charge is -2.43. The van der Waals surface area contributed by atoms with Gasteiger partial charge in [-0.25, -0.2) is 8.78 Å². The molecule has 4 rings (SSSR count). The molecule has 3 aromatic rings. The lowest BCUT2D eigenvalue weighted by atomic mass is 9.77. The summed E-state index contributed by atoms with van der Waals surface area (Å²) < 4.78 is 34.8. The number of halogens is 2. The Kier molecular flexibility index (Phi) is 7.98. The highest BCUT2D eigenvalue weighted by Gasteiger charge is 2.41. The van der Waals surface area contributed by atoms with Gasteiger partial charge in [-0.3, -0.25) is 9.59 Å². The van der Waals surface area contributed by atoms with Gasteiger partial charge in [0.1, 0.15) is 22.9 Å². The molecule has 0 aromatic heterocycles. The highest BCUT2D eigenvalue weighted by atomic mass is 19.1. The van der Waals surface area contributed by atoms with Crippen LogP contribution in [0.2, 0.25) is 0 Å². The lowest BCUT2D eigenvalue weighted by Crippen LogP contribution is -2.51. The number of carbonyl (C=O) groups excluding carboxylic acids is 2. The van der Waals surface area contributed by atoms with Crippen LogP contribution in [0.4, 0.5) is 8.78 Å². The number of benzene rings is 3. The van der Waals surface area contributed by atoms with Gasteiger partial charge in [-0.1, -0.05) is 54.6 Å². The molecule has 188 valence electrons. The van der Waals surface area contributed by atoms with Crippen LogP contribution in [0.5, 0.6) is 5.75 Å². The van der Waals surface area contributed by atoms with E-state index in [1.54, 1.807) is 11.9 Å². The molecular weight excluding hydrogens is 462 g/mol. The summed E-state index contributed by atoms with van der Waals surface area (Å²) >= 11 is 0. The van der Waals surface area contributed by atoms with Crippen molar-refractivity contribution in [2.75, 3.05) is 26.7 Å². The van der Waals surface area contributed by atoms with Crippen LogP contribution >= 0.6 is 0 Å². The third-order valence-corrected chi connectivity index (χ3v) is 6.63. The number of nitrogens with zero attached hydrogens (tertiary/aromatic N) is 2. The van der Waals surface area contributed by atoms with Crippen LogP contribution in [0.15, 0.2) is 78.9 Å². The second-order valence-electron chi connectivity index (χ2n) is 9.44. The number of likely N-dealkylation sites (tertiary alicyclic amines) is 1. The molecule has 1 fully saturated rings. The minimum atomic E-state index is -0.893. The number of amides is 2. The van der Waals surface area contributed by atoms with Crippen molar-refractivity contribution in [3.8, 4) is 5.75 Å². The minimum Gasteiger partial charge on any atom is -0.493 e. The Morgan fingerprint density at radius 1 is 0.944 bits per heavy atom. The normalized spacial score (nSPS) is 17.5. The molecule has 1 aliphatic rings. The second-order valence-corrected chi connectivity index (χ2v) is 9.44. The van der Waals surface area contributed by atoms with Gasteiger partial charge in [-0.05, 0) is 42.7 Å². The fourth-order valence-corrected chi connectivity index (χ4v) is 4.71. The number of carbonyl (C=O) groups is 2. The average molecular weight is 493 g/mol. The van der Waals surface area contributed by atoms with Crippen molar-refractivity contribution < 1.29 is 23.1 Å². The standard InChI is InChI=1S/C29H30F2N2O3/c1-32(19-22-10-4-2-5-11-22)26(34)18-29(21-36-23-12-6-3-7-13-23)16-9-17-33(20-29)28(35)27-24(30)14-8-15-25(27)31/h2-8,10-15H,9,16-21H2,1H3/t29-/m1/s1. The molecule has 0 aliphatic carbocycles. The smallest absolute Gasteiger partial charge is 0.259 e. The van der Waals surface area contributed by atoms with E-state index in [4.69, 9.17) is 4.74 Å². The molecule has 7 heteroatoms. The lowest BCUT2D eigenvalue weighted by molar-refractivity contribution is -0.134. The van der Waals surface area contributed by atoms with Gasteiger partial charge in [0.05, 0.1) is 6.61 Å². The molecule has 5 nitrogen and oxygen atoms in total. The zero-order valence-corrected chi connectivity index (χ0v) is 20.3. The molecule has 2 amide bonds. The maximum Gasteiger partial charge on any atom is 0.259 e. The fraction of sp³-hybridized carbons (Fsp3) is 0.310. The van der Waals surface area contributed by atoms with Crippen LogP contribution in [0.1, 0.15) is 35.2 Å². The number of rotatable bonds is 8. The predicted octanol–water partition coefficient (Wildman–Crippen LogP) is 5.31. The molecule has 1 saturated heterocycles. The molecular formula is C29H30F2N2O3. The number of hydrogen-bond acceptors (Lipinski definition) is 3. The van der Waals surface area contributed by atoms with Gasteiger partial charge in [0.2, 0.25) is 5.91 Å².